The molecule has 0 nitrogen and oxygen atoms in total. The van der Waals surface area contributed by atoms with Crippen LogP contribution >= 0.6 is 0 Å². The summed E-state index contributed by atoms with van der Waals surface area (Å²) in [6, 6.07) is 0. The lowest BCUT2D eigenvalue weighted by molar-refractivity contribution is -0.0903. The molecule has 0 aromatic heterocycles. The predicted octanol–water partition coefficient (Wildman–Crippen LogP) is 11.1. The first-order valence-corrected chi connectivity index (χ1v) is 15.3. The molecular weight excluding hydrogens is 396 g/mol. The van der Waals surface area contributed by atoms with Gasteiger partial charge in [-0.05, 0) is 96.7 Å². The molecule has 0 N–H and O–H groups in total. The van der Waals surface area contributed by atoms with Gasteiger partial charge in [0.1, 0.15) is 0 Å². The highest BCUT2D eigenvalue weighted by atomic mass is 14.7. The van der Waals surface area contributed by atoms with Gasteiger partial charge in [-0.2, -0.15) is 0 Å². The third kappa shape index (κ3) is 5.45. The molecule has 3 fully saturated rings. The maximum absolute atomic E-state index is 2.80. The highest BCUT2D eigenvalue weighted by molar-refractivity contribution is 5.28. The van der Waals surface area contributed by atoms with E-state index in [9.17, 15) is 0 Å². The topological polar surface area (TPSA) is 0 Å². The third-order valence-corrected chi connectivity index (χ3v) is 10.8. The maximum Gasteiger partial charge on any atom is -0.00849 e. The Morgan fingerprint density at radius 1 is 0.818 bits per heavy atom. The van der Waals surface area contributed by atoms with Gasteiger partial charge in [-0.15, -0.1) is 0 Å². The first kappa shape index (κ1) is 29.0. The van der Waals surface area contributed by atoms with E-state index in [0.717, 1.165) is 35.5 Å². The van der Waals surface area contributed by atoms with Crippen molar-refractivity contribution in [3.63, 3.8) is 0 Å². The van der Waals surface area contributed by atoms with Crippen molar-refractivity contribution >= 4 is 0 Å². The lowest BCUT2D eigenvalue weighted by atomic mass is 9.42. The average molecular weight is 459 g/mol. The van der Waals surface area contributed by atoms with E-state index in [0.29, 0.717) is 16.2 Å². The van der Waals surface area contributed by atoms with Crippen molar-refractivity contribution in [1.29, 1.82) is 0 Å². The summed E-state index contributed by atoms with van der Waals surface area (Å²) in [5.41, 5.74) is 3.39. The first-order chi connectivity index (χ1) is 15.6. The van der Waals surface area contributed by atoms with Gasteiger partial charge in [-0.3, -0.25) is 0 Å². The van der Waals surface area contributed by atoms with E-state index in [4.69, 9.17) is 0 Å². The Hall–Kier alpha value is -0.260. The monoisotopic (exact) mass is 458 g/mol. The molecule has 7 atom stereocenters. The van der Waals surface area contributed by atoms with Crippen molar-refractivity contribution in [3.05, 3.63) is 11.6 Å². The highest BCUT2D eigenvalue weighted by Gasteiger charge is 2.62. The van der Waals surface area contributed by atoms with Gasteiger partial charge in [0, 0.05) is 0 Å². The molecule has 0 heterocycles. The summed E-state index contributed by atoms with van der Waals surface area (Å²) in [5, 5.41) is 0. The molecule has 0 spiro atoms. The quantitative estimate of drug-likeness (QED) is 0.359. The summed E-state index contributed by atoms with van der Waals surface area (Å²) in [6.45, 7) is 26.0. The van der Waals surface area contributed by atoms with Gasteiger partial charge in [0.15, 0.2) is 0 Å². The number of allylic oxidation sites excluding steroid dienone is 2. The van der Waals surface area contributed by atoms with Crippen LogP contribution in [-0.2, 0) is 0 Å². The molecule has 4 aliphatic rings. The average Bonchev–Trinajstić information content (AvgIpc) is 3.13. The van der Waals surface area contributed by atoms with Gasteiger partial charge in [0.2, 0.25) is 0 Å². The number of rotatable bonds is 5. The Bertz CT molecular complexity index is 624. The van der Waals surface area contributed by atoms with Crippen LogP contribution in [0.1, 0.15) is 147 Å². The molecule has 0 aromatic rings. The Kier molecular flexibility index (Phi) is 10.2. The summed E-state index contributed by atoms with van der Waals surface area (Å²) in [7, 11) is 0. The fourth-order valence-electron chi connectivity index (χ4n) is 9.38. The van der Waals surface area contributed by atoms with Crippen molar-refractivity contribution < 1.29 is 0 Å². The van der Waals surface area contributed by atoms with Crippen molar-refractivity contribution in [1.82, 2.24) is 0 Å². The summed E-state index contributed by atoms with van der Waals surface area (Å²) in [5.74, 6) is 5.59. The van der Waals surface area contributed by atoms with E-state index in [-0.39, 0.29) is 0 Å². The fourth-order valence-corrected chi connectivity index (χ4v) is 9.38. The maximum atomic E-state index is 2.80. The van der Waals surface area contributed by atoms with Crippen molar-refractivity contribution in [3.8, 4) is 0 Å². The van der Waals surface area contributed by atoms with Gasteiger partial charge in [0.25, 0.3) is 0 Å². The molecule has 7 unspecified atom stereocenters. The smallest absolute Gasteiger partial charge is 0.00849 e. The van der Waals surface area contributed by atoms with Crippen LogP contribution in [0.25, 0.3) is 0 Å². The van der Waals surface area contributed by atoms with E-state index in [1.165, 1.54) is 70.6 Å². The molecule has 4 rings (SSSR count). The van der Waals surface area contributed by atoms with Crippen LogP contribution < -0.4 is 0 Å². The van der Waals surface area contributed by atoms with Crippen LogP contribution in [0.5, 0.6) is 0 Å². The normalized spacial score (nSPS) is 39.6. The van der Waals surface area contributed by atoms with Crippen LogP contribution in [0.4, 0.5) is 0 Å². The molecule has 4 aliphatic carbocycles. The van der Waals surface area contributed by atoms with Crippen LogP contribution in [0.3, 0.4) is 0 Å². The van der Waals surface area contributed by atoms with Crippen molar-refractivity contribution in [2.24, 2.45) is 51.8 Å². The lowest BCUT2D eigenvalue weighted by Crippen LogP contribution is -2.55. The van der Waals surface area contributed by atoms with Gasteiger partial charge in [-0.25, -0.2) is 0 Å². The Labute approximate surface area is 210 Å². The molecule has 0 amide bonds. The predicted molar refractivity (Wildman–Crippen MR) is 150 cm³/mol. The SMILES string of the molecule is CC.CC.CC(C)CCCC(C)C1CCC2C3C(CCC12C)C1(C)CCCCC1=CC3(C)C. The molecule has 0 saturated heterocycles. The zero-order valence-electron chi connectivity index (χ0n) is 24.8. The number of fused-ring (bicyclic) bond motifs is 5. The number of hydrogen-bond acceptors (Lipinski definition) is 0. The largest absolute Gasteiger partial charge is 0.0788 e. The summed E-state index contributed by atoms with van der Waals surface area (Å²) in [6.07, 6.45) is 18.9. The first-order valence-electron chi connectivity index (χ1n) is 15.3. The Morgan fingerprint density at radius 3 is 2.12 bits per heavy atom. The summed E-state index contributed by atoms with van der Waals surface area (Å²) in [4.78, 5) is 0. The Morgan fingerprint density at radius 2 is 1.48 bits per heavy atom. The molecule has 3 saturated carbocycles. The molecule has 0 radical (unpaired) electrons. The standard InChI is InChI=1S/C29H50.2C2H6/c1-20(2)11-10-12-21(3)23-14-15-24-26-25(16-18-29(23,24)7)28(6)17-9-8-13-22(28)19-27(26,4)5;2*1-2/h19-21,23-26H,8-18H2,1-7H3;2*1-2H3. The fraction of sp³-hybridized carbons (Fsp3) is 0.939. The van der Waals surface area contributed by atoms with Crippen molar-refractivity contribution in [2.75, 3.05) is 0 Å². The van der Waals surface area contributed by atoms with Gasteiger partial charge >= 0.3 is 0 Å². The lowest BCUT2D eigenvalue weighted by Gasteiger charge is -2.62. The van der Waals surface area contributed by atoms with E-state index in [2.05, 4.69) is 54.5 Å². The van der Waals surface area contributed by atoms with Crippen molar-refractivity contribution in [2.45, 2.75) is 147 Å². The molecule has 0 heteroatoms. The Balaban J connectivity index is 0.000000914. The highest BCUT2D eigenvalue weighted by Crippen LogP contribution is 2.70. The van der Waals surface area contributed by atoms with Crippen LogP contribution in [0.2, 0.25) is 0 Å². The minimum atomic E-state index is 0.402. The molecule has 0 aliphatic heterocycles. The third-order valence-electron chi connectivity index (χ3n) is 10.8. The van der Waals surface area contributed by atoms with Crippen LogP contribution in [0, 0.1) is 51.8 Å². The second-order valence-electron chi connectivity index (χ2n) is 13.4. The van der Waals surface area contributed by atoms with E-state index < -0.39 is 0 Å². The molecule has 33 heavy (non-hydrogen) atoms. The zero-order chi connectivity index (χ0) is 25.0. The number of hydrogen-bond donors (Lipinski definition) is 0. The minimum Gasteiger partial charge on any atom is -0.0788 e. The molecular formula is C33H62. The van der Waals surface area contributed by atoms with E-state index in [1.54, 1.807) is 0 Å². The summed E-state index contributed by atoms with van der Waals surface area (Å²) >= 11 is 0. The van der Waals surface area contributed by atoms with E-state index in [1.807, 2.05) is 33.3 Å². The van der Waals surface area contributed by atoms with Gasteiger partial charge < -0.3 is 0 Å². The van der Waals surface area contributed by atoms with Gasteiger partial charge in [0.05, 0.1) is 0 Å². The second-order valence-corrected chi connectivity index (χ2v) is 13.4. The minimum absolute atomic E-state index is 0.402. The molecule has 194 valence electrons. The van der Waals surface area contributed by atoms with E-state index >= 15 is 0 Å². The van der Waals surface area contributed by atoms with Gasteiger partial charge in [-0.1, -0.05) is 113 Å². The zero-order valence-corrected chi connectivity index (χ0v) is 24.8. The molecule has 0 bridgehead atoms. The second kappa shape index (κ2) is 11.6. The van der Waals surface area contributed by atoms with Crippen LogP contribution in [-0.4, -0.2) is 0 Å². The summed E-state index contributed by atoms with van der Waals surface area (Å²) < 4.78 is 0. The van der Waals surface area contributed by atoms with Crippen LogP contribution in [0.15, 0.2) is 11.6 Å². The molecule has 0 aromatic carbocycles.